The van der Waals surface area contributed by atoms with Crippen LogP contribution in [0, 0.1) is 12.3 Å². The van der Waals surface area contributed by atoms with Gasteiger partial charge in [0.05, 0.1) is 11.0 Å². The van der Waals surface area contributed by atoms with Crippen molar-refractivity contribution >= 4 is 11.0 Å². The molecule has 0 amide bonds. The van der Waals surface area contributed by atoms with Crippen LogP contribution in [0.1, 0.15) is 5.69 Å². The maximum atomic E-state index is 5.21. The smallest absolute Gasteiger partial charge is 0.113 e. The summed E-state index contributed by atoms with van der Waals surface area (Å²) in [5, 5.41) is 0. The number of fused-ring (bicyclic) bond motifs is 1. The fourth-order valence-corrected chi connectivity index (χ4v) is 1.04. The summed E-state index contributed by atoms with van der Waals surface area (Å²) in [7, 11) is 0. The Balaban J connectivity index is 2.78. The van der Waals surface area contributed by atoms with E-state index >= 15 is 0 Å². The summed E-state index contributed by atoms with van der Waals surface area (Å²) in [6.45, 7) is 0. The predicted octanol–water partition coefficient (Wildman–Crippen LogP) is 1.61. The highest BCUT2D eigenvalue weighted by Crippen LogP contribution is 2.07. The van der Waals surface area contributed by atoms with Crippen molar-refractivity contribution in [2.45, 2.75) is 0 Å². The van der Waals surface area contributed by atoms with Gasteiger partial charge in [-0.25, -0.2) is 4.98 Å². The van der Waals surface area contributed by atoms with E-state index in [-0.39, 0.29) is 0 Å². The lowest BCUT2D eigenvalue weighted by Gasteiger charge is -1.94. The molecule has 2 heteroatoms. The van der Waals surface area contributed by atoms with Crippen LogP contribution in [0.4, 0.5) is 0 Å². The maximum absolute atomic E-state index is 5.21. The van der Waals surface area contributed by atoms with Gasteiger partial charge in [-0.3, -0.25) is 4.98 Å². The minimum Gasteiger partial charge on any atom is -0.255 e. The van der Waals surface area contributed by atoms with Gasteiger partial charge >= 0.3 is 0 Å². The number of hydrogen-bond donors (Lipinski definition) is 0. The van der Waals surface area contributed by atoms with Crippen molar-refractivity contribution in [1.29, 1.82) is 0 Å². The molecule has 0 saturated carbocycles. The molecule has 2 nitrogen and oxygen atoms in total. The molecule has 2 aromatic rings. The second-order valence-electron chi connectivity index (χ2n) is 2.38. The Morgan fingerprint density at radius 3 is 2.92 bits per heavy atom. The first-order chi connectivity index (χ1) is 5.90. The zero-order chi connectivity index (χ0) is 8.39. The SMILES string of the molecule is C#Cc1ccc2ncccc2n1. The third-order valence-corrected chi connectivity index (χ3v) is 1.60. The number of terminal acetylenes is 1. The van der Waals surface area contributed by atoms with E-state index in [2.05, 4.69) is 15.9 Å². The summed E-state index contributed by atoms with van der Waals surface area (Å²) in [4.78, 5) is 8.32. The predicted molar refractivity (Wildman–Crippen MR) is 47.5 cm³/mol. The van der Waals surface area contributed by atoms with Gasteiger partial charge in [-0.1, -0.05) is 5.92 Å². The molecule has 0 aliphatic carbocycles. The van der Waals surface area contributed by atoms with Crippen molar-refractivity contribution in [3.63, 3.8) is 0 Å². The van der Waals surface area contributed by atoms with E-state index in [0.29, 0.717) is 5.69 Å². The summed E-state index contributed by atoms with van der Waals surface area (Å²) in [6, 6.07) is 7.39. The molecule has 2 heterocycles. The first kappa shape index (κ1) is 6.81. The minimum atomic E-state index is 0.649. The van der Waals surface area contributed by atoms with Crippen LogP contribution in [-0.2, 0) is 0 Å². The maximum Gasteiger partial charge on any atom is 0.113 e. The van der Waals surface area contributed by atoms with Crippen LogP contribution < -0.4 is 0 Å². The van der Waals surface area contributed by atoms with Crippen molar-refractivity contribution in [2.75, 3.05) is 0 Å². The average Bonchev–Trinajstić information content (AvgIpc) is 2.17. The molecular formula is C10H6N2. The lowest BCUT2D eigenvalue weighted by molar-refractivity contribution is 1.31. The Bertz CT molecular complexity index is 455. The number of nitrogens with zero attached hydrogens (tertiary/aromatic N) is 2. The van der Waals surface area contributed by atoms with Gasteiger partial charge in [0.2, 0.25) is 0 Å². The molecule has 0 aromatic carbocycles. The third-order valence-electron chi connectivity index (χ3n) is 1.60. The third kappa shape index (κ3) is 1.02. The van der Waals surface area contributed by atoms with E-state index in [1.807, 2.05) is 18.2 Å². The monoisotopic (exact) mass is 154 g/mol. The van der Waals surface area contributed by atoms with Gasteiger partial charge in [0.1, 0.15) is 5.69 Å². The van der Waals surface area contributed by atoms with Gasteiger partial charge in [-0.15, -0.1) is 6.42 Å². The largest absolute Gasteiger partial charge is 0.255 e. The number of pyridine rings is 2. The lowest BCUT2D eigenvalue weighted by atomic mass is 10.3. The highest BCUT2D eigenvalue weighted by molar-refractivity contribution is 5.74. The van der Waals surface area contributed by atoms with Crippen LogP contribution in [0.5, 0.6) is 0 Å². The van der Waals surface area contributed by atoms with Gasteiger partial charge in [0.25, 0.3) is 0 Å². The highest BCUT2D eigenvalue weighted by Gasteiger charge is 1.94. The van der Waals surface area contributed by atoms with Gasteiger partial charge in [0.15, 0.2) is 0 Å². The molecule has 0 atom stereocenters. The average molecular weight is 154 g/mol. The Morgan fingerprint density at radius 2 is 2.08 bits per heavy atom. The summed E-state index contributed by atoms with van der Waals surface area (Å²) in [5.41, 5.74) is 2.36. The highest BCUT2D eigenvalue weighted by atomic mass is 14.7. The Morgan fingerprint density at radius 1 is 1.17 bits per heavy atom. The molecule has 2 rings (SSSR count). The van der Waals surface area contributed by atoms with Crippen LogP contribution >= 0.6 is 0 Å². The molecule has 0 aliphatic rings. The molecule has 0 N–H and O–H groups in total. The molecule has 0 saturated heterocycles. The second-order valence-corrected chi connectivity index (χ2v) is 2.38. The standard InChI is InChI=1S/C10H6N2/c1-2-8-5-6-9-10(12-8)4-3-7-11-9/h1,3-7H. The first-order valence-electron chi connectivity index (χ1n) is 3.58. The molecular weight excluding hydrogens is 148 g/mol. The van der Waals surface area contributed by atoms with E-state index in [4.69, 9.17) is 6.42 Å². The van der Waals surface area contributed by atoms with Gasteiger partial charge < -0.3 is 0 Å². The van der Waals surface area contributed by atoms with Crippen molar-refractivity contribution in [3.8, 4) is 12.3 Å². The van der Waals surface area contributed by atoms with Crippen LogP contribution in [-0.4, -0.2) is 9.97 Å². The Labute approximate surface area is 70.3 Å². The minimum absolute atomic E-state index is 0.649. The molecule has 0 unspecified atom stereocenters. The molecule has 56 valence electrons. The van der Waals surface area contributed by atoms with Crippen LogP contribution in [0.3, 0.4) is 0 Å². The van der Waals surface area contributed by atoms with Gasteiger partial charge in [-0.2, -0.15) is 0 Å². The number of aromatic nitrogens is 2. The summed E-state index contributed by atoms with van der Waals surface area (Å²) in [5.74, 6) is 2.48. The van der Waals surface area contributed by atoms with Crippen molar-refractivity contribution < 1.29 is 0 Å². The summed E-state index contributed by atoms with van der Waals surface area (Å²) >= 11 is 0. The van der Waals surface area contributed by atoms with E-state index in [0.717, 1.165) is 11.0 Å². The molecule has 0 aliphatic heterocycles. The molecule has 0 fully saturated rings. The van der Waals surface area contributed by atoms with Crippen LogP contribution in [0.2, 0.25) is 0 Å². The van der Waals surface area contributed by atoms with Crippen LogP contribution in [0.25, 0.3) is 11.0 Å². The quantitative estimate of drug-likeness (QED) is 0.539. The van der Waals surface area contributed by atoms with E-state index in [1.54, 1.807) is 12.3 Å². The molecule has 0 radical (unpaired) electrons. The second kappa shape index (κ2) is 2.63. The molecule has 0 bridgehead atoms. The number of hydrogen-bond acceptors (Lipinski definition) is 2. The lowest BCUT2D eigenvalue weighted by Crippen LogP contribution is -1.84. The normalized spacial score (nSPS) is 9.58. The van der Waals surface area contributed by atoms with Crippen LogP contribution in [0.15, 0.2) is 30.5 Å². The zero-order valence-electron chi connectivity index (χ0n) is 6.36. The molecule has 12 heavy (non-hydrogen) atoms. The van der Waals surface area contributed by atoms with Gasteiger partial charge in [0, 0.05) is 6.20 Å². The van der Waals surface area contributed by atoms with Gasteiger partial charge in [-0.05, 0) is 24.3 Å². The van der Waals surface area contributed by atoms with E-state index in [9.17, 15) is 0 Å². The van der Waals surface area contributed by atoms with Crippen molar-refractivity contribution in [2.24, 2.45) is 0 Å². The van der Waals surface area contributed by atoms with Crippen molar-refractivity contribution in [1.82, 2.24) is 9.97 Å². The van der Waals surface area contributed by atoms with E-state index in [1.165, 1.54) is 0 Å². The molecule has 0 spiro atoms. The molecule has 2 aromatic heterocycles. The van der Waals surface area contributed by atoms with Crippen molar-refractivity contribution in [3.05, 3.63) is 36.2 Å². The fraction of sp³-hybridized carbons (Fsp3) is 0. The fourth-order valence-electron chi connectivity index (χ4n) is 1.04. The Kier molecular flexibility index (Phi) is 1.49. The van der Waals surface area contributed by atoms with E-state index < -0.39 is 0 Å². The zero-order valence-corrected chi connectivity index (χ0v) is 6.36. The number of rotatable bonds is 0. The summed E-state index contributed by atoms with van der Waals surface area (Å²) in [6.07, 6.45) is 6.94. The Hall–Kier alpha value is -1.88. The topological polar surface area (TPSA) is 25.8 Å². The first-order valence-corrected chi connectivity index (χ1v) is 3.58. The summed E-state index contributed by atoms with van der Waals surface area (Å²) < 4.78 is 0.